The highest BCUT2D eigenvalue weighted by Crippen LogP contribution is 2.42. The Morgan fingerprint density at radius 1 is 0.980 bits per heavy atom. The number of esters is 1. The molecule has 3 heterocycles. The minimum Gasteiger partial charge on any atom is -0.451 e. The lowest BCUT2D eigenvalue weighted by Gasteiger charge is -2.36. The van der Waals surface area contributed by atoms with E-state index in [4.69, 9.17) is 37.1 Å². The van der Waals surface area contributed by atoms with Crippen LogP contribution in [-0.4, -0.2) is 64.0 Å². The minimum atomic E-state index is -2.02. The van der Waals surface area contributed by atoms with E-state index in [0.29, 0.717) is 40.2 Å². The average molecular weight is 749 g/mol. The highest BCUT2D eigenvalue weighted by atomic mass is 35.5. The van der Waals surface area contributed by atoms with Crippen LogP contribution in [0.3, 0.4) is 0 Å². The largest absolute Gasteiger partial charge is 0.451 e. The van der Waals surface area contributed by atoms with Crippen molar-refractivity contribution in [2.75, 3.05) is 6.61 Å². The van der Waals surface area contributed by atoms with Crippen molar-refractivity contribution < 1.29 is 28.9 Å². The fourth-order valence-electron chi connectivity index (χ4n) is 6.03. The molecule has 268 valence electrons. The summed E-state index contributed by atoms with van der Waals surface area (Å²) in [6.07, 6.45) is -2.59. The van der Waals surface area contributed by atoms with E-state index in [9.17, 15) is 15.0 Å². The van der Waals surface area contributed by atoms with Crippen molar-refractivity contribution in [3.8, 4) is 11.1 Å². The summed E-state index contributed by atoms with van der Waals surface area (Å²) in [5.74, 6) is -0.625. The molecule has 2 N–H and O–H groups in total. The van der Waals surface area contributed by atoms with Gasteiger partial charge in [-0.25, -0.2) is 14.8 Å². The number of aryl methyl sites for hydroxylation is 1. The normalized spacial score (nSPS) is 20.1. The van der Waals surface area contributed by atoms with Gasteiger partial charge in [0.15, 0.2) is 20.6 Å². The lowest BCUT2D eigenvalue weighted by atomic mass is 9.98. The second-order valence-corrected chi connectivity index (χ2v) is 20.1. The standard InChI is InChI=1S/C39H43Cl2N3O6Si/c1-23-12-13-27(20-29(23)40)33(50-38(47)26-16-14-25(15-17-26)24-10-8-7-9-11-24)34-31(45)32(46)37(49-34)44-21-28(30-35(41)42-22-43-36(30)44)18-19-48-51(5,6)39(2,3)4/h7-17,20-22,31-34,37,45-46H,18-19H2,1-6H3/t31-,32+,33+,34-,37+/m0/s1. The Hall–Kier alpha value is -3.61. The van der Waals surface area contributed by atoms with Crippen LogP contribution in [0.1, 0.15) is 60.2 Å². The van der Waals surface area contributed by atoms with Gasteiger partial charge in [-0.1, -0.05) is 98.6 Å². The van der Waals surface area contributed by atoms with E-state index < -0.39 is 44.9 Å². The first-order chi connectivity index (χ1) is 24.2. The van der Waals surface area contributed by atoms with Gasteiger partial charge in [0, 0.05) is 17.8 Å². The number of aliphatic hydroxyl groups excluding tert-OH is 2. The molecule has 1 fully saturated rings. The van der Waals surface area contributed by atoms with E-state index in [1.54, 1.807) is 41.1 Å². The summed E-state index contributed by atoms with van der Waals surface area (Å²) in [4.78, 5) is 22.4. The van der Waals surface area contributed by atoms with Gasteiger partial charge in [0.05, 0.1) is 10.9 Å². The third kappa shape index (κ3) is 7.64. The predicted molar refractivity (Wildman–Crippen MR) is 202 cm³/mol. The quantitative estimate of drug-likeness (QED) is 0.0831. The van der Waals surface area contributed by atoms with Gasteiger partial charge in [-0.05, 0) is 77.5 Å². The molecule has 1 saturated heterocycles. The Kier molecular flexibility index (Phi) is 10.8. The Morgan fingerprint density at radius 2 is 1.67 bits per heavy atom. The van der Waals surface area contributed by atoms with E-state index >= 15 is 0 Å². The molecular weight excluding hydrogens is 705 g/mol. The maximum Gasteiger partial charge on any atom is 0.338 e. The number of rotatable bonds is 10. The van der Waals surface area contributed by atoms with Gasteiger partial charge >= 0.3 is 5.97 Å². The van der Waals surface area contributed by atoms with Crippen LogP contribution in [-0.2, 0) is 20.3 Å². The van der Waals surface area contributed by atoms with Gasteiger partial charge in [-0.2, -0.15) is 0 Å². The highest BCUT2D eigenvalue weighted by Gasteiger charge is 2.49. The second kappa shape index (κ2) is 14.8. The SMILES string of the molecule is Cc1ccc([C@@H](OC(=O)c2ccc(-c3ccccc3)cc2)[C@H]2O[C@@H](n3cc(CCO[Si](C)(C)C(C)(C)C)c4c(Cl)ncnc43)[C@H](O)[C@@H]2O)cc1Cl. The Balaban J connectivity index is 1.30. The molecule has 0 spiro atoms. The topological polar surface area (TPSA) is 116 Å². The molecule has 3 aromatic carbocycles. The summed E-state index contributed by atoms with van der Waals surface area (Å²) in [6, 6.07) is 22.2. The van der Waals surface area contributed by atoms with Crippen molar-refractivity contribution in [1.82, 2.24) is 14.5 Å². The lowest BCUT2D eigenvalue weighted by molar-refractivity contribution is -0.0916. The van der Waals surface area contributed by atoms with Crippen LogP contribution in [0, 0.1) is 6.92 Å². The number of aromatic nitrogens is 3. The number of carbonyl (C=O) groups excluding carboxylic acids is 1. The van der Waals surface area contributed by atoms with Crippen molar-refractivity contribution in [2.24, 2.45) is 0 Å². The van der Waals surface area contributed by atoms with Crippen molar-refractivity contribution in [2.45, 2.75) is 82.9 Å². The van der Waals surface area contributed by atoms with Crippen LogP contribution in [0.15, 0.2) is 85.3 Å². The monoisotopic (exact) mass is 747 g/mol. The highest BCUT2D eigenvalue weighted by molar-refractivity contribution is 6.74. The van der Waals surface area contributed by atoms with Gasteiger partial charge in [-0.3, -0.25) is 0 Å². The zero-order chi connectivity index (χ0) is 36.7. The number of benzene rings is 3. The molecule has 5 atom stereocenters. The summed E-state index contributed by atoms with van der Waals surface area (Å²) >= 11 is 13.1. The zero-order valence-corrected chi connectivity index (χ0v) is 32.0. The molecule has 1 aliphatic heterocycles. The molecule has 0 amide bonds. The van der Waals surface area contributed by atoms with Gasteiger partial charge in [0.25, 0.3) is 0 Å². The molecule has 51 heavy (non-hydrogen) atoms. The Morgan fingerprint density at radius 3 is 2.33 bits per heavy atom. The lowest BCUT2D eigenvalue weighted by Crippen LogP contribution is -2.41. The predicted octanol–water partition coefficient (Wildman–Crippen LogP) is 8.50. The molecule has 2 aromatic heterocycles. The molecular formula is C39H43Cl2N3O6Si. The van der Waals surface area contributed by atoms with Crippen molar-refractivity contribution >= 4 is 48.5 Å². The van der Waals surface area contributed by atoms with E-state index in [0.717, 1.165) is 22.3 Å². The number of nitrogens with zero attached hydrogens (tertiary/aromatic N) is 3. The van der Waals surface area contributed by atoms with Gasteiger partial charge < -0.3 is 28.7 Å². The van der Waals surface area contributed by atoms with Crippen LogP contribution in [0.2, 0.25) is 28.3 Å². The van der Waals surface area contributed by atoms with Gasteiger partial charge in [-0.15, -0.1) is 0 Å². The minimum absolute atomic E-state index is 0.0436. The first kappa shape index (κ1) is 37.2. The summed E-state index contributed by atoms with van der Waals surface area (Å²) in [7, 11) is -2.02. The maximum atomic E-state index is 13.7. The first-order valence-corrected chi connectivity index (χ1v) is 20.6. The molecule has 6 rings (SSSR count). The number of carbonyl (C=O) groups is 1. The first-order valence-electron chi connectivity index (χ1n) is 16.9. The summed E-state index contributed by atoms with van der Waals surface area (Å²) in [6.45, 7) is 13.3. The zero-order valence-electron chi connectivity index (χ0n) is 29.5. The molecule has 9 nitrogen and oxygen atoms in total. The molecule has 1 aliphatic rings. The average Bonchev–Trinajstić information content (AvgIpc) is 3.61. The third-order valence-electron chi connectivity index (χ3n) is 10.1. The fraction of sp³-hybridized carbons (Fsp3) is 0.359. The summed E-state index contributed by atoms with van der Waals surface area (Å²) in [5.41, 5.74) is 4.85. The number of fused-ring (bicyclic) bond motifs is 1. The van der Waals surface area contributed by atoms with E-state index in [-0.39, 0.29) is 10.2 Å². The van der Waals surface area contributed by atoms with Crippen molar-refractivity contribution in [3.05, 3.63) is 118 Å². The third-order valence-corrected chi connectivity index (χ3v) is 15.3. The molecule has 0 saturated carbocycles. The molecule has 0 bridgehead atoms. The van der Waals surface area contributed by atoms with Gasteiger partial charge in [0.1, 0.15) is 35.4 Å². The number of ether oxygens (including phenoxy) is 2. The van der Waals surface area contributed by atoms with Crippen LogP contribution in [0.25, 0.3) is 22.2 Å². The van der Waals surface area contributed by atoms with E-state index in [2.05, 4.69) is 43.8 Å². The van der Waals surface area contributed by atoms with Crippen LogP contribution >= 0.6 is 23.2 Å². The summed E-state index contributed by atoms with van der Waals surface area (Å²) < 4.78 is 20.7. The molecule has 12 heteroatoms. The number of hydrogen-bond donors (Lipinski definition) is 2. The Labute approximate surface area is 309 Å². The number of halogens is 2. The molecule has 0 unspecified atom stereocenters. The fourth-order valence-corrected chi connectivity index (χ4v) is 7.51. The number of hydrogen-bond acceptors (Lipinski definition) is 8. The van der Waals surface area contributed by atoms with Crippen LogP contribution in [0.4, 0.5) is 0 Å². The van der Waals surface area contributed by atoms with E-state index in [1.165, 1.54) is 6.33 Å². The summed E-state index contributed by atoms with van der Waals surface area (Å²) in [5, 5.41) is 24.4. The van der Waals surface area contributed by atoms with E-state index in [1.807, 2.05) is 49.4 Å². The second-order valence-electron chi connectivity index (χ2n) is 14.5. The molecule has 0 radical (unpaired) electrons. The Bertz CT molecular complexity index is 2020. The molecule has 0 aliphatic carbocycles. The maximum absolute atomic E-state index is 13.7. The van der Waals surface area contributed by atoms with Crippen molar-refractivity contribution in [3.63, 3.8) is 0 Å². The van der Waals surface area contributed by atoms with Crippen LogP contribution < -0.4 is 0 Å². The molecule has 5 aromatic rings. The van der Waals surface area contributed by atoms with Crippen LogP contribution in [0.5, 0.6) is 0 Å². The smallest absolute Gasteiger partial charge is 0.338 e. The van der Waals surface area contributed by atoms with Gasteiger partial charge in [0.2, 0.25) is 0 Å². The number of aliphatic hydroxyl groups is 2. The van der Waals surface area contributed by atoms with Crippen molar-refractivity contribution in [1.29, 1.82) is 0 Å².